The van der Waals surface area contributed by atoms with Gasteiger partial charge in [-0.15, -0.1) is 0 Å². The van der Waals surface area contributed by atoms with Crippen molar-refractivity contribution in [1.29, 1.82) is 0 Å². The van der Waals surface area contributed by atoms with Crippen LogP contribution in [0.25, 0.3) is 0 Å². The van der Waals surface area contributed by atoms with E-state index < -0.39 is 0 Å². The first-order valence-corrected chi connectivity index (χ1v) is 6.56. The van der Waals surface area contributed by atoms with Crippen LogP contribution in [0.1, 0.15) is 31.9 Å². The molecular weight excluding hydrogens is 234 g/mol. The van der Waals surface area contributed by atoms with E-state index in [1.54, 1.807) is 0 Å². The van der Waals surface area contributed by atoms with Crippen LogP contribution in [0, 0.1) is 0 Å². The number of carbonyl (C=O) groups is 2. The number of rotatable bonds is 5. The number of benzene rings is 1. The zero-order chi connectivity index (χ0) is 12.7. The summed E-state index contributed by atoms with van der Waals surface area (Å²) in [6.07, 6.45) is 0.376. The van der Waals surface area contributed by atoms with Crippen LogP contribution in [0.15, 0.2) is 30.3 Å². The van der Waals surface area contributed by atoms with E-state index in [1.807, 2.05) is 37.3 Å². The predicted molar refractivity (Wildman–Crippen MR) is 70.8 cm³/mol. The van der Waals surface area contributed by atoms with Crippen molar-refractivity contribution in [3.05, 3.63) is 35.9 Å². The quantitative estimate of drug-likeness (QED) is 0.874. The summed E-state index contributed by atoms with van der Waals surface area (Å²) < 4.78 is 0. The van der Waals surface area contributed by atoms with E-state index in [-0.39, 0.29) is 17.1 Å². The summed E-state index contributed by atoms with van der Waals surface area (Å²) >= 11 is 1.18. The molecule has 0 aliphatic carbocycles. The second kappa shape index (κ2) is 7.12. The van der Waals surface area contributed by atoms with Crippen LogP contribution < -0.4 is 5.32 Å². The molecule has 0 unspecified atom stereocenters. The molecule has 3 nitrogen and oxygen atoms in total. The van der Waals surface area contributed by atoms with Crippen LogP contribution in [0.3, 0.4) is 0 Å². The molecule has 0 saturated heterocycles. The molecule has 0 heterocycles. The van der Waals surface area contributed by atoms with Gasteiger partial charge in [0.1, 0.15) is 0 Å². The fourth-order valence-electron chi connectivity index (χ4n) is 1.43. The van der Waals surface area contributed by atoms with Gasteiger partial charge in [-0.3, -0.25) is 9.59 Å². The highest BCUT2D eigenvalue weighted by molar-refractivity contribution is 8.13. The molecule has 1 aromatic rings. The Hall–Kier alpha value is -1.29. The molecular formula is C13H17NO2S. The van der Waals surface area contributed by atoms with Crippen molar-refractivity contribution >= 4 is 22.8 Å². The fraction of sp³-hybridized carbons (Fsp3) is 0.385. The Kier molecular flexibility index (Phi) is 5.77. The van der Waals surface area contributed by atoms with Crippen molar-refractivity contribution in [3.63, 3.8) is 0 Å². The van der Waals surface area contributed by atoms with E-state index in [0.717, 1.165) is 5.56 Å². The molecule has 0 radical (unpaired) electrons. The first-order chi connectivity index (χ1) is 8.09. The molecule has 1 rings (SSSR count). The number of hydrogen-bond acceptors (Lipinski definition) is 3. The first kappa shape index (κ1) is 13.8. The maximum atomic E-state index is 11.6. The minimum atomic E-state index is -0.0184. The van der Waals surface area contributed by atoms with Crippen LogP contribution in [-0.4, -0.2) is 16.8 Å². The Bertz CT molecular complexity index is 378. The normalized spacial score (nSPS) is 11.9. The van der Waals surface area contributed by atoms with Crippen LogP contribution >= 0.6 is 11.8 Å². The van der Waals surface area contributed by atoms with Gasteiger partial charge < -0.3 is 5.32 Å². The van der Waals surface area contributed by atoms with Crippen molar-refractivity contribution in [2.45, 2.75) is 26.3 Å². The third-order valence-electron chi connectivity index (χ3n) is 2.31. The van der Waals surface area contributed by atoms with Gasteiger partial charge in [0.15, 0.2) is 5.12 Å². The fourth-order valence-corrected chi connectivity index (χ4v) is 2.00. The Morgan fingerprint density at radius 1 is 1.29 bits per heavy atom. The summed E-state index contributed by atoms with van der Waals surface area (Å²) in [7, 11) is 0. The standard InChI is InChI=1S/C13H17NO2S/c1-10(12-6-4-3-5-7-12)14-13(16)8-9-17-11(2)15/h3-7,10H,8-9H2,1-2H3,(H,14,16)/t10-/m1/s1. The Morgan fingerprint density at radius 3 is 2.53 bits per heavy atom. The average molecular weight is 251 g/mol. The molecule has 1 amide bonds. The van der Waals surface area contributed by atoms with Crippen LogP contribution in [0.2, 0.25) is 0 Å². The summed E-state index contributed by atoms with van der Waals surface area (Å²) in [5.41, 5.74) is 1.08. The third-order valence-corrected chi connectivity index (χ3v) is 3.13. The van der Waals surface area contributed by atoms with E-state index in [4.69, 9.17) is 0 Å². The summed E-state index contributed by atoms with van der Waals surface area (Å²) in [6.45, 7) is 3.46. The summed E-state index contributed by atoms with van der Waals surface area (Å²) in [5.74, 6) is 0.526. The Balaban J connectivity index is 2.34. The SMILES string of the molecule is CC(=O)SCCC(=O)N[C@H](C)c1ccccc1. The van der Waals surface area contributed by atoms with E-state index in [2.05, 4.69) is 5.32 Å². The van der Waals surface area contributed by atoms with Gasteiger partial charge >= 0.3 is 0 Å². The van der Waals surface area contributed by atoms with Crippen LogP contribution in [0.4, 0.5) is 0 Å². The molecule has 0 saturated carbocycles. The molecule has 1 N–H and O–H groups in total. The lowest BCUT2D eigenvalue weighted by Gasteiger charge is -2.13. The zero-order valence-corrected chi connectivity index (χ0v) is 10.9. The molecule has 4 heteroatoms. The van der Waals surface area contributed by atoms with Gasteiger partial charge in [-0.25, -0.2) is 0 Å². The van der Waals surface area contributed by atoms with Gasteiger partial charge in [-0.05, 0) is 12.5 Å². The number of hydrogen-bond donors (Lipinski definition) is 1. The van der Waals surface area contributed by atoms with Gasteiger partial charge in [-0.1, -0.05) is 42.1 Å². The maximum Gasteiger partial charge on any atom is 0.221 e. The summed E-state index contributed by atoms with van der Waals surface area (Å²) in [5, 5.41) is 2.96. The van der Waals surface area contributed by atoms with Gasteiger partial charge in [0.25, 0.3) is 0 Å². The first-order valence-electron chi connectivity index (χ1n) is 5.57. The molecule has 0 spiro atoms. The minimum Gasteiger partial charge on any atom is -0.350 e. The molecule has 0 aliphatic rings. The average Bonchev–Trinajstić information content (AvgIpc) is 2.29. The number of thioether (sulfide) groups is 1. The van der Waals surface area contributed by atoms with Gasteiger partial charge in [0.05, 0.1) is 6.04 Å². The van der Waals surface area contributed by atoms with E-state index in [9.17, 15) is 9.59 Å². The number of carbonyl (C=O) groups excluding carboxylic acids is 2. The molecule has 92 valence electrons. The van der Waals surface area contributed by atoms with Crippen molar-refractivity contribution in [2.75, 3.05) is 5.75 Å². The van der Waals surface area contributed by atoms with Crippen molar-refractivity contribution in [1.82, 2.24) is 5.32 Å². The maximum absolute atomic E-state index is 11.6. The lowest BCUT2D eigenvalue weighted by atomic mass is 10.1. The number of amides is 1. The zero-order valence-electron chi connectivity index (χ0n) is 10.1. The highest BCUT2D eigenvalue weighted by Gasteiger charge is 2.09. The molecule has 0 aromatic heterocycles. The minimum absolute atomic E-state index is 0.00558. The summed E-state index contributed by atoms with van der Waals surface area (Å²) in [6, 6.07) is 9.81. The van der Waals surface area contributed by atoms with Gasteiger partial charge in [0.2, 0.25) is 5.91 Å². The predicted octanol–water partition coefficient (Wildman–Crippen LogP) is 2.53. The van der Waals surface area contributed by atoms with E-state index in [0.29, 0.717) is 12.2 Å². The van der Waals surface area contributed by atoms with E-state index >= 15 is 0 Å². The molecule has 1 aromatic carbocycles. The molecule has 0 aliphatic heterocycles. The molecule has 0 fully saturated rings. The topological polar surface area (TPSA) is 46.2 Å². The molecule has 17 heavy (non-hydrogen) atoms. The largest absolute Gasteiger partial charge is 0.350 e. The van der Waals surface area contributed by atoms with Gasteiger partial charge in [-0.2, -0.15) is 0 Å². The Labute approximate surface area is 106 Å². The third kappa shape index (κ3) is 5.54. The number of nitrogens with one attached hydrogen (secondary N) is 1. The second-order valence-corrected chi connectivity index (χ2v) is 5.06. The summed E-state index contributed by atoms with van der Waals surface area (Å²) in [4.78, 5) is 22.3. The van der Waals surface area contributed by atoms with Crippen LogP contribution in [0.5, 0.6) is 0 Å². The van der Waals surface area contributed by atoms with Crippen molar-refractivity contribution < 1.29 is 9.59 Å². The molecule has 0 bridgehead atoms. The van der Waals surface area contributed by atoms with Crippen LogP contribution in [-0.2, 0) is 9.59 Å². The Morgan fingerprint density at radius 2 is 1.94 bits per heavy atom. The van der Waals surface area contributed by atoms with Crippen molar-refractivity contribution in [3.8, 4) is 0 Å². The van der Waals surface area contributed by atoms with E-state index in [1.165, 1.54) is 18.7 Å². The van der Waals surface area contributed by atoms with Crippen molar-refractivity contribution in [2.24, 2.45) is 0 Å². The lowest BCUT2D eigenvalue weighted by molar-refractivity contribution is -0.121. The second-order valence-electron chi connectivity index (χ2n) is 3.79. The highest BCUT2D eigenvalue weighted by atomic mass is 32.2. The lowest BCUT2D eigenvalue weighted by Crippen LogP contribution is -2.26. The molecule has 1 atom stereocenters. The monoisotopic (exact) mass is 251 g/mol. The highest BCUT2D eigenvalue weighted by Crippen LogP contribution is 2.11. The smallest absolute Gasteiger partial charge is 0.221 e. The van der Waals surface area contributed by atoms with Gasteiger partial charge in [0, 0.05) is 19.1 Å².